The van der Waals surface area contributed by atoms with E-state index in [1.54, 1.807) is 11.1 Å². The first kappa shape index (κ1) is 15.0. The first-order chi connectivity index (χ1) is 6.61. The molecule has 0 heterocycles. The molecule has 0 nitrogen and oxygen atoms in total. The van der Waals surface area contributed by atoms with Gasteiger partial charge in [0.05, 0.1) is 0 Å². The zero-order chi connectivity index (χ0) is 10.6. The standard InChI is InChI=1S/C14H23.Pt/c1-11(2)10-14-9-7-5-6-8-12(3)13(14)4;/h5-6,8,11-12H,7,9-10H2,1-4H3;/q-1;/b6-5-,14-13+;. The maximum absolute atomic E-state index is 2.31. The van der Waals surface area contributed by atoms with Gasteiger partial charge in [-0.3, -0.25) is 0 Å². The minimum absolute atomic E-state index is 0. The van der Waals surface area contributed by atoms with Gasteiger partial charge >= 0.3 is 0 Å². The molecule has 0 N–H and O–H groups in total. The molecule has 0 radical (unpaired) electrons. The summed E-state index contributed by atoms with van der Waals surface area (Å²) in [7, 11) is 0. The van der Waals surface area contributed by atoms with Crippen LogP contribution < -0.4 is 0 Å². The zero-order valence-electron chi connectivity index (χ0n) is 10.3. The summed E-state index contributed by atoms with van der Waals surface area (Å²) in [5.74, 6) is 1.41. The molecule has 0 spiro atoms. The van der Waals surface area contributed by atoms with Crippen molar-refractivity contribution in [1.29, 1.82) is 0 Å². The molecule has 15 heavy (non-hydrogen) atoms. The van der Waals surface area contributed by atoms with E-state index in [9.17, 15) is 0 Å². The minimum atomic E-state index is 0. The molecule has 1 aliphatic rings. The molecule has 90 valence electrons. The summed E-state index contributed by atoms with van der Waals surface area (Å²) >= 11 is 0. The quantitative estimate of drug-likeness (QED) is 0.483. The first-order valence-electron chi connectivity index (χ1n) is 5.79. The van der Waals surface area contributed by atoms with Gasteiger partial charge in [0.2, 0.25) is 0 Å². The van der Waals surface area contributed by atoms with Crippen molar-refractivity contribution in [3.8, 4) is 0 Å². The second-order valence-electron chi connectivity index (χ2n) is 4.83. The second kappa shape index (κ2) is 7.33. The SMILES string of the molecule is C/C1=C(\CC(C)C)CC/C=C\[CH-]C1C.[Pt]. The Balaban J connectivity index is 0.00000196. The van der Waals surface area contributed by atoms with E-state index >= 15 is 0 Å². The van der Waals surface area contributed by atoms with Gasteiger partial charge in [-0.25, -0.2) is 18.6 Å². The molecule has 1 aliphatic carbocycles. The van der Waals surface area contributed by atoms with Gasteiger partial charge in [0.15, 0.2) is 0 Å². The topological polar surface area (TPSA) is 0 Å². The third kappa shape index (κ3) is 5.07. The fraction of sp³-hybridized carbons (Fsp3) is 0.643. The Bertz CT molecular complexity index is 236. The monoisotopic (exact) mass is 386 g/mol. The molecule has 0 aromatic rings. The molecule has 0 aromatic heterocycles. The van der Waals surface area contributed by atoms with Crippen LogP contribution in [0.3, 0.4) is 0 Å². The van der Waals surface area contributed by atoms with Crippen molar-refractivity contribution in [1.82, 2.24) is 0 Å². The molecule has 0 aliphatic heterocycles. The molecule has 1 rings (SSSR count). The zero-order valence-corrected chi connectivity index (χ0v) is 12.6. The van der Waals surface area contributed by atoms with Gasteiger partial charge in [-0.2, -0.15) is 0 Å². The van der Waals surface area contributed by atoms with Crippen molar-refractivity contribution in [3.63, 3.8) is 0 Å². The molecular weight excluding hydrogens is 363 g/mol. The smallest absolute Gasteiger partial charge is 0 e. The van der Waals surface area contributed by atoms with Crippen LogP contribution in [0.1, 0.15) is 47.0 Å². The summed E-state index contributed by atoms with van der Waals surface area (Å²) < 4.78 is 0. The van der Waals surface area contributed by atoms with Crippen LogP contribution >= 0.6 is 0 Å². The molecule has 0 saturated carbocycles. The van der Waals surface area contributed by atoms with E-state index < -0.39 is 0 Å². The van der Waals surface area contributed by atoms with Gasteiger partial charge in [-0.1, -0.05) is 44.3 Å². The second-order valence-corrected chi connectivity index (χ2v) is 4.83. The van der Waals surface area contributed by atoms with Gasteiger partial charge in [-0.05, 0) is 25.7 Å². The molecule has 1 unspecified atom stereocenters. The molecular formula is C14H23Pt-. The number of hydrogen-bond acceptors (Lipinski definition) is 0. The fourth-order valence-electron chi connectivity index (χ4n) is 2.02. The van der Waals surface area contributed by atoms with Gasteiger partial charge in [0.25, 0.3) is 0 Å². The van der Waals surface area contributed by atoms with E-state index in [0.29, 0.717) is 5.92 Å². The number of allylic oxidation sites excluding steroid dienone is 4. The van der Waals surface area contributed by atoms with Crippen LogP contribution in [-0.2, 0) is 21.1 Å². The third-order valence-corrected chi connectivity index (χ3v) is 3.04. The Morgan fingerprint density at radius 3 is 2.73 bits per heavy atom. The Labute approximate surface area is 109 Å². The van der Waals surface area contributed by atoms with E-state index in [1.165, 1.54) is 19.3 Å². The van der Waals surface area contributed by atoms with Crippen LogP contribution in [0, 0.1) is 18.3 Å². The Morgan fingerprint density at radius 1 is 1.47 bits per heavy atom. The van der Waals surface area contributed by atoms with Gasteiger partial charge in [0.1, 0.15) is 0 Å². The number of rotatable bonds is 2. The van der Waals surface area contributed by atoms with Crippen molar-refractivity contribution in [2.45, 2.75) is 47.0 Å². The fourth-order valence-corrected chi connectivity index (χ4v) is 2.02. The predicted molar refractivity (Wildman–Crippen MR) is 64.0 cm³/mol. The summed E-state index contributed by atoms with van der Waals surface area (Å²) in [4.78, 5) is 0. The summed E-state index contributed by atoms with van der Waals surface area (Å²) in [5.41, 5.74) is 3.29. The van der Waals surface area contributed by atoms with E-state index in [-0.39, 0.29) is 21.1 Å². The molecule has 0 saturated heterocycles. The third-order valence-electron chi connectivity index (χ3n) is 3.04. The molecule has 0 amide bonds. The van der Waals surface area contributed by atoms with Crippen molar-refractivity contribution in [3.05, 3.63) is 29.7 Å². The average Bonchev–Trinajstić information content (AvgIpc) is 2.11. The van der Waals surface area contributed by atoms with E-state index in [1.807, 2.05) is 0 Å². The van der Waals surface area contributed by atoms with E-state index in [0.717, 1.165) is 5.92 Å². The maximum atomic E-state index is 2.31. The van der Waals surface area contributed by atoms with Crippen LogP contribution in [0.15, 0.2) is 23.3 Å². The van der Waals surface area contributed by atoms with Crippen molar-refractivity contribution in [2.24, 2.45) is 11.8 Å². The average molecular weight is 386 g/mol. The molecule has 1 atom stereocenters. The van der Waals surface area contributed by atoms with Crippen LogP contribution in [0.5, 0.6) is 0 Å². The summed E-state index contributed by atoms with van der Waals surface area (Å²) in [6, 6.07) is 0. The Hall–Kier alpha value is 0.0383. The summed E-state index contributed by atoms with van der Waals surface area (Å²) in [6.07, 6.45) is 10.6. The molecule has 1 heteroatoms. The molecule has 0 bridgehead atoms. The van der Waals surface area contributed by atoms with Gasteiger partial charge in [0, 0.05) is 21.1 Å². The normalized spacial score (nSPS) is 28.7. The maximum Gasteiger partial charge on any atom is 0 e. The Morgan fingerprint density at radius 2 is 2.13 bits per heavy atom. The van der Waals surface area contributed by atoms with Crippen LogP contribution in [0.25, 0.3) is 0 Å². The van der Waals surface area contributed by atoms with Crippen LogP contribution in [0.4, 0.5) is 0 Å². The van der Waals surface area contributed by atoms with Gasteiger partial charge < -0.3 is 0 Å². The van der Waals surface area contributed by atoms with Crippen LogP contribution in [0.2, 0.25) is 0 Å². The molecule has 0 fully saturated rings. The number of hydrogen-bond donors (Lipinski definition) is 0. The van der Waals surface area contributed by atoms with Crippen molar-refractivity contribution >= 4 is 0 Å². The van der Waals surface area contributed by atoms with Crippen molar-refractivity contribution in [2.75, 3.05) is 0 Å². The Kier molecular flexibility index (Phi) is 7.35. The van der Waals surface area contributed by atoms with Crippen molar-refractivity contribution < 1.29 is 21.1 Å². The van der Waals surface area contributed by atoms with E-state index in [4.69, 9.17) is 0 Å². The predicted octanol–water partition coefficient (Wildman–Crippen LogP) is 4.54. The van der Waals surface area contributed by atoms with Crippen LogP contribution in [-0.4, -0.2) is 0 Å². The van der Waals surface area contributed by atoms with Gasteiger partial charge in [-0.15, -0.1) is 0 Å². The minimum Gasteiger partial charge on any atom is -0.231 e. The largest absolute Gasteiger partial charge is 0.231 e. The summed E-state index contributed by atoms with van der Waals surface area (Å²) in [5, 5.41) is 0. The summed E-state index contributed by atoms with van der Waals surface area (Å²) in [6.45, 7) is 9.22. The van der Waals surface area contributed by atoms with E-state index in [2.05, 4.69) is 46.3 Å². The molecule has 0 aromatic carbocycles. The first-order valence-corrected chi connectivity index (χ1v) is 5.79.